The third kappa shape index (κ3) is 3.17. The summed E-state index contributed by atoms with van der Waals surface area (Å²) >= 11 is 0. The van der Waals surface area contributed by atoms with Gasteiger partial charge in [0.2, 0.25) is 0 Å². The fourth-order valence-corrected chi connectivity index (χ4v) is 5.50. The first kappa shape index (κ1) is 22.3. The lowest BCUT2D eigenvalue weighted by atomic mass is 9.73. The van der Waals surface area contributed by atoms with Gasteiger partial charge in [-0.1, -0.05) is 87.9 Å². The second-order valence-corrected chi connectivity index (χ2v) is 10.1. The molecule has 174 valence electrons. The molecule has 1 heterocycles. The molecule has 0 spiro atoms. The van der Waals surface area contributed by atoms with E-state index < -0.39 is 17.7 Å². The van der Waals surface area contributed by atoms with Crippen LogP contribution in [0.5, 0.6) is 0 Å². The molecule has 1 atom stereocenters. The van der Waals surface area contributed by atoms with E-state index in [4.69, 9.17) is 4.74 Å². The molecule has 0 radical (unpaired) electrons. The lowest BCUT2D eigenvalue weighted by molar-refractivity contribution is 0.0379. The zero-order chi connectivity index (χ0) is 24.3. The van der Waals surface area contributed by atoms with Crippen molar-refractivity contribution in [3.63, 3.8) is 0 Å². The first-order valence-corrected chi connectivity index (χ1v) is 11.4. The van der Waals surface area contributed by atoms with Gasteiger partial charge in [0.15, 0.2) is 5.60 Å². The van der Waals surface area contributed by atoms with Gasteiger partial charge in [0.25, 0.3) is 0 Å². The van der Waals surface area contributed by atoms with Crippen LogP contribution in [0, 0.1) is 22.5 Å². The van der Waals surface area contributed by atoms with E-state index in [1.54, 1.807) is 24.3 Å². The summed E-state index contributed by atoms with van der Waals surface area (Å²) in [5.74, 6) is -0.779. The first-order chi connectivity index (χ1) is 16.1. The normalized spacial score (nSPS) is 22.1. The van der Waals surface area contributed by atoms with Crippen molar-refractivity contribution in [2.24, 2.45) is 10.8 Å². The minimum atomic E-state index is -1.36. The van der Waals surface area contributed by atoms with Crippen LogP contribution < -0.4 is 5.32 Å². The van der Waals surface area contributed by atoms with E-state index in [9.17, 15) is 13.6 Å². The molecule has 3 nitrogen and oxygen atoms in total. The zero-order valence-corrected chi connectivity index (χ0v) is 19.7. The van der Waals surface area contributed by atoms with Gasteiger partial charge in [0.1, 0.15) is 11.6 Å². The second kappa shape index (κ2) is 7.52. The average Bonchev–Trinajstić information content (AvgIpc) is 3.22. The molecule has 0 aromatic heterocycles. The topological polar surface area (TPSA) is 38.3 Å². The monoisotopic (exact) mass is 459 g/mol. The minimum Gasteiger partial charge on any atom is -0.428 e. The lowest BCUT2D eigenvalue weighted by Gasteiger charge is -2.44. The quantitative estimate of drug-likeness (QED) is 0.426. The van der Waals surface area contributed by atoms with Gasteiger partial charge in [-0.3, -0.25) is 0 Å². The Bertz CT molecular complexity index is 1210. The smallest absolute Gasteiger partial charge is 0.409 e. The van der Waals surface area contributed by atoms with Gasteiger partial charge in [0, 0.05) is 16.7 Å². The van der Waals surface area contributed by atoms with Gasteiger partial charge >= 0.3 is 6.09 Å². The molecule has 1 saturated carbocycles. The van der Waals surface area contributed by atoms with E-state index >= 15 is 0 Å². The number of nitrogens with one attached hydrogen (secondary N) is 1. The van der Waals surface area contributed by atoms with Crippen LogP contribution in [-0.2, 0) is 10.3 Å². The number of ether oxygens (including phenoxy) is 1. The molecule has 1 aliphatic heterocycles. The summed E-state index contributed by atoms with van der Waals surface area (Å²) in [6.07, 6.45) is -0.594. The number of carbonyl (C=O) groups is 1. The number of alkyl carbamates (subject to hydrolysis) is 1. The third-order valence-corrected chi connectivity index (χ3v) is 7.83. The maximum atomic E-state index is 14.0. The Kier molecular flexibility index (Phi) is 4.94. The summed E-state index contributed by atoms with van der Waals surface area (Å²) in [6.45, 7) is 8.70. The number of allylic oxidation sites excluding steroid dienone is 1. The van der Waals surface area contributed by atoms with E-state index in [1.165, 1.54) is 24.3 Å². The van der Waals surface area contributed by atoms with Crippen molar-refractivity contribution >= 4 is 6.09 Å². The Morgan fingerprint density at radius 1 is 0.735 bits per heavy atom. The minimum absolute atomic E-state index is 0.175. The summed E-state index contributed by atoms with van der Waals surface area (Å²) < 4.78 is 34.2. The van der Waals surface area contributed by atoms with Crippen LogP contribution in [0.4, 0.5) is 13.6 Å². The fourth-order valence-electron chi connectivity index (χ4n) is 5.50. The predicted molar refractivity (Wildman–Crippen MR) is 127 cm³/mol. The van der Waals surface area contributed by atoms with Crippen LogP contribution in [0.2, 0.25) is 0 Å². The van der Waals surface area contributed by atoms with E-state index in [0.717, 1.165) is 16.7 Å². The van der Waals surface area contributed by atoms with Crippen molar-refractivity contribution < 1.29 is 18.3 Å². The first-order valence-electron chi connectivity index (χ1n) is 11.4. The number of hydrogen-bond donors (Lipinski definition) is 1. The number of cyclic esters (lactones) is 1. The van der Waals surface area contributed by atoms with Crippen LogP contribution in [0.3, 0.4) is 0 Å². The van der Waals surface area contributed by atoms with Gasteiger partial charge in [-0.25, -0.2) is 13.6 Å². The zero-order valence-electron chi connectivity index (χ0n) is 19.7. The van der Waals surface area contributed by atoms with Crippen molar-refractivity contribution in [3.05, 3.63) is 118 Å². The molecule has 1 aliphatic carbocycles. The maximum absolute atomic E-state index is 14.0. The molecule has 2 fully saturated rings. The SMILES string of the molecule is CC1(C)C(=C2C(c3ccccc3)NC(=O)OC2(c2ccc(F)cc2)c2ccc(F)cc2)C1(C)C. The fraction of sp³-hybridized carbons (Fsp3) is 0.276. The van der Waals surface area contributed by atoms with Crippen molar-refractivity contribution in [1.29, 1.82) is 0 Å². The van der Waals surface area contributed by atoms with E-state index in [2.05, 4.69) is 33.0 Å². The highest BCUT2D eigenvalue weighted by atomic mass is 19.1. The number of amides is 1. The molecule has 3 aromatic rings. The highest BCUT2D eigenvalue weighted by Crippen LogP contribution is 2.72. The molecule has 2 aliphatic rings. The molecule has 1 N–H and O–H groups in total. The molecule has 1 saturated heterocycles. The highest BCUT2D eigenvalue weighted by molar-refractivity contribution is 5.76. The third-order valence-electron chi connectivity index (χ3n) is 7.83. The number of benzene rings is 3. The Morgan fingerprint density at radius 3 is 1.65 bits per heavy atom. The Balaban J connectivity index is 1.90. The summed E-state index contributed by atoms with van der Waals surface area (Å²) in [7, 11) is 0. The van der Waals surface area contributed by atoms with Crippen LogP contribution >= 0.6 is 0 Å². The largest absolute Gasteiger partial charge is 0.428 e. The number of carbonyl (C=O) groups excluding carboxylic acids is 1. The van der Waals surface area contributed by atoms with Crippen molar-refractivity contribution in [2.45, 2.75) is 39.3 Å². The van der Waals surface area contributed by atoms with Crippen LogP contribution in [-0.4, -0.2) is 6.09 Å². The maximum Gasteiger partial charge on any atom is 0.409 e. The van der Waals surface area contributed by atoms with Crippen LogP contribution in [0.25, 0.3) is 0 Å². The van der Waals surface area contributed by atoms with E-state index in [1.807, 2.05) is 30.3 Å². The molecule has 5 heteroatoms. The summed E-state index contributed by atoms with van der Waals surface area (Å²) in [5.41, 5.74) is 2.46. The highest BCUT2D eigenvalue weighted by Gasteiger charge is 2.65. The van der Waals surface area contributed by atoms with E-state index in [0.29, 0.717) is 11.1 Å². The Morgan fingerprint density at radius 2 is 1.21 bits per heavy atom. The predicted octanol–water partition coefficient (Wildman–Crippen LogP) is 7.05. The van der Waals surface area contributed by atoms with Crippen LogP contribution in [0.1, 0.15) is 50.4 Å². The molecular weight excluding hydrogens is 432 g/mol. The Labute approximate surface area is 198 Å². The standard InChI is InChI=1S/C29H27F2NO2/c1-27(2)25(28(27,3)4)23-24(18-8-6-5-7-9-18)32-26(33)34-29(23,19-10-14-21(30)15-11-19)20-12-16-22(31)17-13-20/h5-17,24H,1-4H3,(H,32,33). The molecule has 0 bridgehead atoms. The molecule has 1 amide bonds. The number of hydrogen-bond acceptors (Lipinski definition) is 2. The summed E-state index contributed by atoms with van der Waals surface area (Å²) in [6, 6.07) is 21.3. The molecule has 5 rings (SSSR count). The van der Waals surface area contributed by atoms with Gasteiger partial charge in [0.05, 0.1) is 6.04 Å². The molecular formula is C29H27F2NO2. The number of halogens is 2. The summed E-state index contributed by atoms with van der Waals surface area (Å²) in [5, 5.41) is 3.03. The van der Waals surface area contributed by atoms with Crippen LogP contribution in [0.15, 0.2) is 90.0 Å². The van der Waals surface area contributed by atoms with Gasteiger partial charge in [-0.2, -0.15) is 0 Å². The van der Waals surface area contributed by atoms with Gasteiger partial charge < -0.3 is 10.1 Å². The molecule has 3 aromatic carbocycles. The van der Waals surface area contributed by atoms with Gasteiger partial charge in [-0.05, 0) is 40.7 Å². The molecule has 1 unspecified atom stereocenters. The molecule has 34 heavy (non-hydrogen) atoms. The van der Waals surface area contributed by atoms with Crippen molar-refractivity contribution in [2.75, 3.05) is 0 Å². The summed E-state index contributed by atoms with van der Waals surface area (Å²) in [4.78, 5) is 13.2. The number of rotatable bonds is 3. The van der Waals surface area contributed by atoms with E-state index in [-0.39, 0.29) is 22.5 Å². The average molecular weight is 460 g/mol. The lowest BCUT2D eigenvalue weighted by Crippen LogP contribution is -2.50. The van der Waals surface area contributed by atoms with Gasteiger partial charge in [-0.15, -0.1) is 0 Å². The Hall–Kier alpha value is -3.47. The second-order valence-electron chi connectivity index (χ2n) is 10.1. The van der Waals surface area contributed by atoms with Crippen molar-refractivity contribution in [3.8, 4) is 0 Å². The van der Waals surface area contributed by atoms with Crippen molar-refractivity contribution in [1.82, 2.24) is 5.32 Å².